The van der Waals surface area contributed by atoms with Crippen LogP contribution in [-0.2, 0) is 25.4 Å². The third-order valence-electron chi connectivity index (χ3n) is 6.42. The molecule has 0 saturated carbocycles. The van der Waals surface area contributed by atoms with Crippen LogP contribution in [0, 0.1) is 5.92 Å². The zero-order chi connectivity index (χ0) is 21.8. The van der Waals surface area contributed by atoms with Gasteiger partial charge in [-0.15, -0.1) is 0 Å². The zero-order valence-electron chi connectivity index (χ0n) is 18.3. The topological polar surface area (TPSA) is 106 Å². The number of hydrogen-bond acceptors (Lipinski definition) is 6. The van der Waals surface area contributed by atoms with Gasteiger partial charge in [0.2, 0.25) is 0 Å². The number of hydrogen-bond donors (Lipinski definition) is 1. The summed E-state index contributed by atoms with van der Waals surface area (Å²) in [6, 6.07) is 9.46. The molecule has 1 aromatic carbocycles. The normalized spacial score (nSPS) is 27.3. The van der Waals surface area contributed by atoms with Crippen LogP contribution in [0.3, 0.4) is 0 Å². The van der Waals surface area contributed by atoms with Crippen molar-refractivity contribution in [3.05, 3.63) is 46.3 Å². The van der Waals surface area contributed by atoms with Crippen LogP contribution in [-0.4, -0.2) is 42.9 Å². The average molecular weight is 414 g/mol. The van der Waals surface area contributed by atoms with Gasteiger partial charge in [0.15, 0.2) is 5.54 Å². The van der Waals surface area contributed by atoms with Crippen LogP contribution >= 0.6 is 0 Å². The largest absolute Gasteiger partial charge is 0.460 e. The van der Waals surface area contributed by atoms with Crippen molar-refractivity contribution in [2.45, 2.75) is 70.2 Å². The molecule has 8 nitrogen and oxygen atoms in total. The van der Waals surface area contributed by atoms with E-state index in [2.05, 4.69) is 15.3 Å². The summed E-state index contributed by atoms with van der Waals surface area (Å²) in [5.41, 5.74) is 8.04. The molecule has 1 N–H and O–H groups in total. The highest BCUT2D eigenvalue weighted by Gasteiger charge is 2.51. The summed E-state index contributed by atoms with van der Waals surface area (Å²) in [5.74, 6) is -0.343. The van der Waals surface area contributed by atoms with Gasteiger partial charge in [0, 0.05) is 11.5 Å². The summed E-state index contributed by atoms with van der Waals surface area (Å²) in [7, 11) is -0.282. The highest BCUT2D eigenvalue weighted by Crippen LogP contribution is 2.39. The van der Waals surface area contributed by atoms with E-state index in [1.54, 1.807) is 0 Å². The van der Waals surface area contributed by atoms with Crippen LogP contribution < -0.4 is 5.32 Å². The Morgan fingerprint density at radius 3 is 2.57 bits per heavy atom. The first-order chi connectivity index (χ1) is 14.2. The number of nitrogens with one attached hydrogen (secondary N) is 1. The molecular weight excluding hydrogens is 383 g/mol. The van der Waals surface area contributed by atoms with Gasteiger partial charge >= 0.3 is 13.1 Å². The molecule has 0 spiro atoms. The molecule has 0 bridgehead atoms. The van der Waals surface area contributed by atoms with Crippen molar-refractivity contribution >= 4 is 13.1 Å². The third kappa shape index (κ3) is 4.98. The lowest BCUT2D eigenvalue weighted by Crippen LogP contribution is -2.53. The fraction of sp³-hybridized carbons (Fsp3) is 0.667. The number of piperidine rings is 1. The maximum absolute atomic E-state index is 12.9. The quantitative estimate of drug-likeness (QED) is 0.240. The summed E-state index contributed by atoms with van der Waals surface area (Å²) in [6.45, 7) is 9.30. The predicted molar refractivity (Wildman–Crippen MR) is 115 cm³/mol. The van der Waals surface area contributed by atoms with Crippen LogP contribution in [0.5, 0.6) is 0 Å². The van der Waals surface area contributed by atoms with E-state index >= 15 is 0 Å². The highest BCUT2D eigenvalue weighted by molar-refractivity contribution is 6.45. The predicted octanol–water partition coefficient (Wildman–Crippen LogP) is 3.87. The van der Waals surface area contributed by atoms with E-state index in [1.165, 1.54) is 0 Å². The molecule has 2 saturated heterocycles. The summed E-state index contributed by atoms with van der Waals surface area (Å²) >= 11 is 0. The first-order valence-electron chi connectivity index (χ1n) is 10.5. The van der Waals surface area contributed by atoms with E-state index in [0.29, 0.717) is 12.7 Å². The monoisotopic (exact) mass is 414 g/mol. The molecule has 0 radical (unpaired) electrons. The van der Waals surface area contributed by atoms with Crippen molar-refractivity contribution in [1.29, 1.82) is 0 Å². The van der Waals surface area contributed by atoms with Gasteiger partial charge < -0.3 is 19.4 Å². The van der Waals surface area contributed by atoms with Crippen molar-refractivity contribution in [3.63, 3.8) is 0 Å². The first kappa shape index (κ1) is 22.6. The summed E-state index contributed by atoms with van der Waals surface area (Å²) in [5, 5.41) is 7.13. The number of carbonyl (C=O) groups excluding carboxylic acids is 1. The second-order valence-electron chi connectivity index (χ2n) is 9.25. The molecule has 2 fully saturated rings. The van der Waals surface area contributed by atoms with Gasteiger partial charge in [0.1, 0.15) is 6.61 Å². The number of ether oxygens (including phenoxy) is 1. The van der Waals surface area contributed by atoms with Crippen molar-refractivity contribution in [2.75, 3.05) is 13.1 Å². The third-order valence-corrected chi connectivity index (χ3v) is 6.42. The minimum Gasteiger partial charge on any atom is -0.460 e. The molecule has 0 amide bonds. The maximum Gasteiger partial charge on any atom is 0.457 e. The van der Waals surface area contributed by atoms with Gasteiger partial charge in [-0.05, 0) is 64.0 Å². The van der Waals surface area contributed by atoms with Crippen LogP contribution in [0.4, 0.5) is 0 Å². The summed E-state index contributed by atoms with van der Waals surface area (Å²) < 4.78 is 17.7. The number of esters is 1. The van der Waals surface area contributed by atoms with Gasteiger partial charge in [0.05, 0.1) is 11.2 Å². The molecule has 1 aromatic rings. The molecule has 0 aliphatic carbocycles. The Labute approximate surface area is 178 Å². The Kier molecular flexibility index (Phi) is 6.77. The molecule has 162 valence electrons. The van der Waals surface area contributed by atoms with Crippen LogP contribution in [0.2, 0.25) is 6.32 Å². The fourth-order valence-corrected chi connectivity index (χ4v) is 3.98. The van der Waals surface area contributed by atoms with Gasteiger partial charge in [-0.3, -0.25) is 4.79 Å². The molecular formula is C21H31BN4O4. The van der Waals surface area contributed by atoms with E-state index in [4.69, 9.17) is 19.6 Å². The van der Waals surface area contributed by atoms with E-state index in [9.17, 15) is 4.79 Å². The minimum absolute atomic E-state index is 0.146. The summed E-state index contributed by atoms with van der Waals surface area (Å²) in [4.78, 5) is 15.8. The zero-order valence-corrected chi connectivity index (χ0v) is 18.3. The second-order valence-corrected chi connectivity index (χ2v) is 9.25. The van der Waals surface area contributed by atoms with E-state index in [1.807, 2.05) is 58.0 Å². The first-order valence-corrected chi connectivity index (χ1v) is 10.5. The molecule has 9 heteroatoms. The minimum atomic E-state index is -1.23. The van der Waals surface area contributed by atoms with Crippen molar-refractivity contribution in [3.8, 4) is 0 Å². The SMILES string of the molecule is CC1(C)OB(CC[C@H]2CNCC(N=[N+]=[N-])(C(=O)OCc3ccccc3)C2)OC1(C)C. The van der Waals surface area contributed by atoms with Crippen LogP contribution in [0.25, 0.3) is 10.4 Å². The smallest absolute Gasteiger partial charge is 0.457 e. The second kappa shape index (κ2) is 8.98. The van der Waals surface area contributed by atoms with Crippen molar-refractivity contribution < 1.29 is 18.8 Å². The van der Waals surface area contributed by atoms with E-state index in [0.717, 1.165) is 18.5 Å². The molecule has 2 atom stereocenters. The van der Waals surface area contributed by atoms with E-state index in [-0.39, 0.29) is 37.4 Å². The Hall–Kier alpha value is -2.06. The molecule has 2 aliphatic rings. The molecule has 0 aromatic heterocycles. The fourth-order valence-electron chi connectivity index (χ4n) is 3.98. The van der Waals surface area contributed by atoms with Crippen LogP contribution in [0.1, 0.15) is 46.1 Å². The number of carbonyl (C=O) groups is 1. The highest BCUT2D eigenvalue weighted by atomic mass is 16.7. The number of azide groups is 1. The standard InChI is InChI=1S/C21H31BN4O4/c1-19(2)20(3,4)30-22(29-19)11-10-17-12-21(25-26-23,15-24-13-17)18(27)28-14-16-8-6-5-7-9-16/h5-9,17,24H,10-15H2,1-4H3/t17-,21?/m1/s1. The Bertz CT molecular complexity index is 781. The molecule has 2 heterocycles. The molecule has 1 unspecified atom stereocenters. The molecule has 2 aliphatic heterocycles. The summed E-state index contributed by atoms with van der Waals surface area (Å²) in [6.07, 6.45) is 1.94. The Morgan fingerprint density at radius 1 is 1.27 bits per heavy atom. The lowest BCUT2D eigenvalue weighted by atomic mass is 9.75. The number of nitrogens with zero attached hydrogens (tertiary/aromatic N) is 3. The van der Waals surface area contributed by atoms with Gasteiger partial charge in [0.25, 0.3) is 0 Å². The van der Waals surface area contributed by atoms with Crippen molar-refractivity contribution in [1.82, 2.24) is 5.32 Å². The van der Waals surface area contributed by atoms with Gasteiger partial charge in [-0.25, -0.2) is 0 Å². The van der Waals surface area contributed by atoms with Gasteiger partial charge in [-0.1, -0.05) is 41.9 Å². The molecule has 30 heavy (non-hydrogen) atoms. The van der Waals surface area contributed by atoms with Gasteiger partial charge in [-0.2, -0.15) is 0 Å². The molecule has 3 rings (SSSR count). The van der Waals surface area contributed by atoms with E-state index < -0.39 is 11.5 Å². The number of rotatable bonds is 7. The lowest BCUT2D eigenvalue weighted by molar-refractivity contribution is -0.152. The Balaban J connectivity index is 1.59. The number of benzene rings is 1. The maximum atomic E-state index is 12.9. The van der Waals surface area contributed by atoms with Crippen molar-refractivity contribution in [2.24, 2.45) is 11.0 Å². The average Bonchev–Trinajstić information content (AvgIpc) is 2.92. The van der Waals surface area contributed by atoms with Crippen LogP contribution in [0.15, 0.2) is 35.4 Å². The Morgan fingerprint density at radius 2 is 1.93 bits per heavy atom. The lowest BCUT2D eigenvalue weighted by Gasteiger charge is -2.36.